The normalized spacial score (nSPS) is 11.4. The average molecular weight is 279 g/mol. The standard InChI is InChI=1S/C12H16F3NO3/c1-2-17-11-7-9(8-16)3-4-10(11)18-5-6-19-12(13,14)15/h3-4,7H,2,5-6,8,16H2,1H3. The second-order valence-corrected chi connectivity index (χ2v) is 3.56. The van der Waals surface area contributed by atoms with Gasteiger partial charge in [0.1, 0.15) is 6.61 Å². The van der Waals surface area contributed by atoms with Gasteiger partial charge in [-0.05, 0) is 24.6 Å². The third-order valence-corrected chi connectivity index (χ3v) is 2.15. The number of alkyl halides is 3. The van der Waals surface area contributed by atoms with E-state index >= 15 is 0 Å². The van der Waals surface area contributed by atoms with Crippen LogP contribution in [0, 0.1) is 0 Å². The van der Waals surface area contributed by atoms with Crippen LogP contribution >= 0.6 is 0 Å². The zero-order chi connectivity index (χ0) is 14.3. The summed E-state index contributed by atoms with van der Waals surface area (Å²) in [6.07, 6.45) is -4.64. The Labute approximate surface area is 109 Å². The topological polar surface area (TPSA) is 53.7 Å². The maximum absolute atomic E-state index is 11.8. The molecule has 0 unspecified atom stereocenters. The number of benzene rings is 1. The Bertz CT molecular complexity index is 396. The number of hydrogen-bond acceptors (Lipinski definition) is 4. The molecule has 0 amide bonds. The highest BCUT2D eigenvalue weighted by atomic mass is 19.4. The number of halogens is 3. The Balaban J connectivity index is 2.56. The number of nitrogens with two attached hydrogens (primary N) is 1. The molecule has 2 N–H and O–H groups in total. The van der Waals surface area contributed by atoms with E-state index in [-0.39, 0.29) is 6.61 Å². The summed E-state index contributed by atoms with van der Waals surface area (Å²) in [5, 5.41) is 0. The van der Waals surface area contributed by atoms with E-state index in [2.05, 4.69) is 4.74 Å². The minimum atomic E-state index is -4.64. The molecule has 0 spiro atoms. The van der Waals surface area contributed by atoms with Gasteiger partial charge in [-0.3, -0.25) is 4.74 Å². The maximum atomic E-state index is 11.8. The Morgan fingerprint density at radius 3 is 2.42 bits per heavy atom. The molecule has 0 aliphatic rings. The summed E-state index contributed by atoms with van der Waals surface area (Å²) in [6, 6.07) is 5.03. The van der Waals surface area contributed by atoms with Crippen molar-refractivity contribution >= 4 is 0 Å². The fourth-order valence-electron chi connectivity index (χ4n) is 1.38. The summed E-state index contributed by atoms with van der Waals surface area (Å²) < 4.78 is 49.4. The van der Waals surface area contributed by atoms with E-state index < -0.39 is 13.0 Å². The minimum absolute atomic E-state index is 0.221. The average Bonchev–Trinajstić information content (AvgIpc) is 2.35. The van der Waals surface area contributed by atoms with Crippen molar-refractivity contribution in [2.75, 3.05) is 19.8 Å². The molecule has 0 aromatic heterocycles. The molecule has 1 rings (SSSR count). The van der Waals surface area contributed by atoms with Crippen LogP contribution in [0.1, 0.15) is 12.5 Å². The molecule has 0 fully saturated rings. The van der Waals surface area contributed by atoms with Crippen molar-refractivity contribution in [3.63, 3.8) is 0 Å². The van der Waals surface area contributed by atoms with Crippen LogP contribution < -0.4 is 15.2 Å². The first-order chi connectivity index (χ1) is 8.96. The predicted octanol–water partition coefficient (Wildman–Crippen LogP) is 2.46. The summed E-state index contributed by atoms with van der Waals surface area (Å²) in [5.41, 5.74) is 6.34. The molecular formula is C12H16F3NO3. The van der Waals surface area contributed by atoms with E-state index in [1.165, 1.54) is 0 Å². The predicted molar refractivity (Wildman–Crippen MR) is 63.0 cm³/mol. The molecule has 0 saturated heterocycles. The van der Waals surface area contributed by atoms with Gasteiger partial charge < -0.3 is 15.2 Å². The molecule has 1 aromatic rings. The Hall–Kier alpha value is -1.47. The lowest BCUT2D eigenvalue weighted by Crippen LogP contribution is -2.18. The molecule has 7 heteroatoms. The van der Waals surface area contributed by atoms with E-state index in [4.69, 9.17) is 15.2 Å². The van der Waals surface area contributed by atoms with Gasteiger partial charge in [0.05, 0.1) is 13.2 Å². The van der Waals surface area contributed by atoms with Crippen LogP contribution in [-0.4, -0.2) is 26.2 Å². The summed E-state index contributed by atoms with van der Waals surface area (Å²) in [5.74, 6) is 0.822. The Morgan fingerprint density at radius 2 is 1.84 bits per heavy atom. The van der Waals surface area contributed by atoms with E-state index in [1.54, 1.807) is 25.1 Å². The van der Waals surface area contributed by atoms with Crippen LogP contribution in [0.5, 0.6) is 11.5 Å². The fraction of sp³-hybridized carbons (Fsp3) is 0.500. The SMILES string of the molecule is CCOc1cc(CN)ccc1OCCOC(F)(F)F. The van der Waals surface area contributed by atoms with Crippen LogP contribution in [0.4, 0.5) is 13.2 Å². The molecule has 0 aliphatic heterocycles. The molecule has 4 nitrogen and oxygen atoms in total. The molecule has 1 aromatic carbocycles. The van der Waals surface area contributed by atoms with Gasteiger partial charge in [-0.25, -0.2) is 0 Å². The molecule has 0 aliphatic carbocycles. The van der Waals surface area contributed by atoms with Gasteiger partial charge in [0, 0.05) is 6.54 Å². The summed E-state index contributed by atoms with van der Waals surface area (Å²) in [6.45, 7) is 1.77. The zero-order valence-electron chi connectivity index (χ0n) is 10.5. The van der Waals surface area contributed by atoms with Crippen molar-refractivity contribution in [1.29, 1.82) is 0 Å². The molecular weight excluding hydrogens is 263 g/mol. The van der Waals surface area contributed by atoms with Gasteiger partial charge >= 0.3 is 6.36 Å². The van der Waals surface area contributed by atoms with Crippen LogP contribution in [0.15, 0.2) is 18.2 Å². The molecule has 0 saturated carbocycles. The first-order valence-electron chi connectivity index (χ1n) is 5.75. The van der Waals surface area contributed by atoms with Crippen molar-refractivity contribution in [2.45, 2.75) is 19.8 Å². The fourth-order valence-corrected chi connectivity index (χ4v) is 1.38. The molecule has 0 radical (unpaired) electrons. The minimum Gasteiger partial charge on any atom is -0.490 e. The van der Waals surface area contributed by atoms with Crippen molar-refractivity contribution < 1.29 is 27.4 Å². The first-order valence-corrected chi connectivity index (χ1v) is 5.75. The quantitative estimate of drug-likeness (QED) is 0.779. The van der Waals surface area contributed by atoms with Gasteiger partial charge in [-0.1, -0.05) is 6.07 Å². The third kappa shape index (κ3) is 5.80. The highest BCUT2D eigenvalue weighted by Crippen LogP contribution is 2.28. The van der Waals surface area contributed by atoms with Crippen molar-refractivity contribution in [2.24, 2.45) is 5.73 Å². The lowest BCUT2D eigenvalue weighted by Gasteiger charge is -2.13. The van der Waals surface area contributed by atoms with E-state index in [0.717, 1.165) is 5.56 Å². The largest absolute Gasteiger partial charge is 0.522 e. The molecule has 0 bridgehead atoms. The zero-order valence-corrected chi connectivity index (χ0v) is 10.5. The van der Waals surface area contributed by atoms with E-state index in [9.17, 15) is 13.2 Å². The maximum Gasteiger partial charge on any atom is 0.522 e. The van der Waals surface area contributed by atoms with Crippen LogP contribution in [0.3, 0.4) is 0 Å². The van der Waals surface area contributed by atoms with Crippen molar-refractivity contribution in [1.82, 2.24) is 0 Å². The molecule has 0 atom stereocenters. The lowest BCUT2D eigenvalue weighted by molar-refractivity contribution is -0.325. The number of hydrogen-bond donors (Lipinski definition) is 1. The highest BCUT2D eigenvalue weighted by molar-refractivity contribution is 5.43. The van der Waals surface area contributed by atoms with Crippen LogP contribution in [0.25, 0.3) is 0 Å². The molecule has 0 heterocycles. The van der Waals surface area contributed by atoms with E-state index in [1.807, 2.05) is 0 Å². The van der Waals surface area contributed by atoms with E-state index in [0.29, 0.717) is 24.7 Å². The second kappa shape index (κ2) is 7.20. The van der Waals surface area contributed by atoms with Crippen molar-refractivity contribution in [3.8, 4) is 11.5 Å². The molecule has 19 heavy (non-hydrogen) atoms. The lowest BCUT2D eigenvalue weighted by atomic mass is 10.2. The van der Waals surface area contributed by atoms with Gasteiger partial charge in [-0.2, -0.15) is 0 Å². The smallest absolute Gasteiger partial charge is 0.490 e. The monoisotopic (exact) mass is 279 g/mol. The van der Waals surface area contributed by atoms with Gasteiger partial charge in [-0.15, -0.1) is 13.2 Å². The number of rotatable bonds is 7. The summed E-state index contributed by atoms with van der Waals surface area (Å²) in [4.78, 5) is 0. The molecule has 108 valence electrons. The van der Waals surface area contributed by atoms with Crippen LogP contribution in [0.2, 0.25) is 0 Å². The Kier molecular flexibility index (Phi) is 5.91. The first kappa shape index (κ1) is 15.6. The Morgan fingerprint density at radius 1 is 1.11 bits per heavy atom. The summed E-state index contributed by atoms with van der Waals surface area (Å²) in [7, 11) is 0. The third-order valence-electron chi connectivity index (χ3n) is 2.15. The van der Waals surface area contributed by atoms with Crippen LogP contribution in [-0.2, 0) is 11.3 Å². The highest BCUT2D eigenvalue weighted by Gasteiger charge is 2.28. The van der Waals surface area contributed by atoms with Gasteiger partial charge in [0.25, 0.3) is 0 Å². The van der Waals surface area contributed by atoms with Crippen molar-refractivity contribution in [3.05, 3.63) is 23.8 Å². The second-order valence-electron chi connectivity index (χ2n) is 3.56. The summed E-state index contributed by atoms with van der Waals surface area (Å²) >= 11 is 0. The van der Waals surface area contributed by atoms with Gasteiger partial charge in [0.2, 0.25) is 0 Å². The number of ether oxygens (including phenoxy) is 3. The van der Waals surface area contributed by atoms with Gasteiger partial charge in [0.15, 0.2) is 11.5 Å².